The highest BCUT2D eigenvalue weighted by molar-refractivity contribution is 5.97. The molecule has 2 amide bonds. The SMILES string of the molecule is Cc1cc(CC(=O)Nc2cccc(C(=O)NCC(C)C)c2)on1. The van der Waals surface area contributed by atoms with Crippen molar-refractivity contribution in [3.63, 3.8) is 0 Å². The summed E-state index contributed by atoms with van der Waals surface area (Å²) in [6.45, 7) is 6.47. The number of carbonyl (C=O) groups is 2. The first-order valence-electron chi connectivity index (χ1n) is 7.54. The zero-order valence-corrected chi connectivity index (χ0v) is 13.6. The predicted octanol–water partition coefficient (Wildman–Crippen LogP) is 2.55. The molecule has 0 saturated carbocycles. The third-order valence-corrected chi connectivity index (χ3v) is 3.09. The van der Waals surface area contributed by atoms with Gasteiger partial charge in [-0.15, -0.1) is 0 Å². The van der Waals surface area contributed by atoms with Crippen LogP contribution in [0.1, 0.15) is 35.7 Å². The van der Waals surface area contributed by atoms with Crippen LogP contribution in [0.5, 0.6) is 0 Å². The number of benzene rings is 1. The molecule has 0 saturated heterocycles. The summed E-state index contributed by atoms with van der Waals surface area (Å²) < 4.78 is 5.01. The molecular weight excluding hydrogens is 294 g/mol. The van der Waals surface area contributed by atoms with Crippen molar-refractivity contribution < 1.29 is 14.1 Å². The quantitative estimate of drug-likeness (QED) is 0.858. The fourth-order valence-corrected chi connectivity index (χ4v) is 2.00. The van der Waals surface area contributed by atoms with Gasteiger partial charge < -0.3 is 15.2 Å². The lowest BCUT2D eigenvalue weighted by Crippen LogP contribution is -2.27. The van der Waals surface area contributed by atoms with Crippen LogP contribution in [0, 0.1) is 12.8 Å². The van der Waals surface area contributed by atoms with Crippen molar-refractivity contribution in [2.75, 3.05) is 11.9 Å². The molecular formula is C17H21N3O3. The first-order valence-corrected chi connectivity index (χ1v) is 7.54. The molecule has 0 aliphatic heterocycles. The van der Waals surface area contributed by atoms with Crippen molar-refractivity contribution in [2.24, 2.45) is 5.92 Å². The highest BCUT2D eigenvalue weighted by Crippen LogP contribution is 2.12. The average molecular weight is 315 g/mol. The third kappa shape index (κ3) is 5.25. The lowest BCUT2D eigenvalue weighted by molar-refractivity contribution is -0.115. The molecule has 0 aliphatic rings. The molecule has 0 aliphatic carbocycles. The highest BCUT2D eigenvalue weighted by atomic mass is 16.5. The number of nitrogens with one attached hydrogen (secondary N) is 2. The van der Waals surface area contributed by atoms with Crippen molar-refractivity contribution in [3.05, 3.63) is 47.3 Å². The molecule has 0 spiro atoms. The second kappa shape index (κ2) is 7.58. The Morgan fingerprint density at radius 3 is 2.70 bits per heavy atom. The maximum atomic E-state index is 12.0. The smallest absolute Gasteiger partial charge is 0.251 e. The maximum Gasteiger partial charge on any atom is 0.251 e. The average Bonchev–Trinajstić information content (AvgIpc) is 2.89. The van der Waals surface area contributed by atoms with E-state index in [9.17, 15) is 9.59 Å². The third-order valence-electron chi connectivity index (χ3n) is 3.09. The first kappa shape index (κ1) is 16.7. The summed E-state index contributed by atoms with van der Waals surface area (Å²) in [6, 6.07) is 8.56. The van der Waals surface area contributed by atoms with Crippen LogP contribution in [0.15, 0.2) is 34.9 Å². The Morgan fingerprint density at radius 1 is 1.26 bits per heavy atom. The summed E-state index contributed by atoms with van der Waals surface area (Å²) in [5, 5.41) is 9.34. The van der Waals surface area contributed by atoms with Crippen LogP contribution in [-0.2, 0) is 11.2 Å². The molecule has 1 aromatic carbocycles. The largest absolute Gasteiger partial charge is 0.361 e. The Bertz CT molecular complexity index is 692. The van der Waals surface area contributed by atoms with E-state index in [1.807, 2.05) is 13.8 Å². The fraction of sp³-hybridized carbons (Fsp3) is 0.353. The standard InChI is InChI=1S/C17H21N3O3/c1-11(2)10-18-17(22)13-5-4-6-14(8-13)19-16(21)9-15-7-12(3)20-23-15/h4-8,11H,9-10H2,1-3H3,(H,18,22)(H,19,21). The van der Waals surface area contributed by atoms with E-state index >= 15 is 0 Å². The normalized spacial score (nSPS) is 10.6. The molecule has 2 N–H and O–H groups in total. The second-order valence-corrected chi connectivity index (χ2v) is 5.84. The zero-order valence-electron chi connectivity index (χ0n) is 13.6. The Morgan fingerprint density at radius 2 is 2.04 bits per heavy atom. The van der Waals surface area contributed by atoms with Crippen LogP contribution in [0.3, 0.4) is 0 Å². The summed E-state index contributed by atoms with van der Waals surface area (Å²) in [7, 11) is 0. The van der Waals surface area contributed by atoms with Gasteiger partial charge >= 0.3 is 0 Å². The van der Waals surface area contributed by atoms with Gasteiger partial charge in [-0.3, -0.25) is 9.59 Å². The van der Waals surface area contributed by atoms with Crippen LogP contribution >= 0.6 is 0 Å². The van der Waals surface area contributed by atoms with E-state index in [2.05, 4.69) is 15.8 Å². The van der Waals surface area contributed by atoms with E-state index in [0.29, 0.717) is 29.5 Å². The Balaban J connectivity index is 1.96. The van der Waals surface area contributed by atoms with Crippen LogP contribution < -0.4 is 10.6 Å². The zero-order chi connectivity index (χ0) is 16.8. The maximum absolute atomic E-state index is 12.0. The molecule has 0 bridgehead atoms. The van der Waals surface area contributed by atoms with Gasteiger partial charge in [0.25, 0.3) is 5.91 Å². The molecule has 1 aromatic heterocycles. The summed E-state index contributed by atoms with van der Waals surface area (Å²) in [6.07, 6.45) is 0.102. The molecule has 0 unspecified atom stereocenters. The van der Waals surface area contributed by atoms with E-state index in [4.69, 9.17) is 4.52 Å². The topological polar surface area (TPSA) is 84.2 Å². The number of aromatic nitrogens is 1. The van der Waals surface area contributed by atoms with Crippen molar-refractivity contribution in [1.82, 2.24) is 10.5 Å². The summed E-state index contributed by atoms with van der Waals surface area (Å²) in [5.41, 5.74) is 1.82. The molecule has 6 heteroatoms. The van der Waals surface area contributed by atoms with Gasteiger partial charge in [-0.25, -0.2) is 0 Å². The lowest BCUT2D eigenvalue weighted by atomic mass is 10.1. The van der Waals surface area contributed by atoms with Gasteiger partial charge in [-0.1, -0.05) is 25.1 Å². The molecule has 0 radical (unpaired) electrons. The summed E-state index contributed by atoms with van der Waals surface area (Å²) in [5.74, 6) is 0.513. The molecule has 6 nitrogen and oxygen atoms in total. The number of hydrogen-bond acceptors (Lipinski definition) is 4. The van der Waals surface area contributed by atoms with Gasteiger partial charge in [0.15, 0.2) is 0 Å². The molecule has 0 atom stereocenters. The second-order valence-electron chi connectivity index (χ2n) is 5.84. The summed E-state index contributed by atoms with van der Waals surface area (Å²) >= 11 is 0. The Labute approximate surface area is 135 Å². The minimum atomic E-state index is -0.221. The van der Waals surface area contributed by atoms with Gasteiger partial charge in [0.1, 0.15) is 5.76 Å². The van der Waals surface area contributed by atoms with Crippen molar-refractivity contribution in [1.29, 1.82) is 0 Å². The van der Waals surface area contributed by atoms with E-state index < -0.39 is 0 Å². The lowest BCUT2D eigenvalue weighted by Gasteiger charge is -2.09. The number of nitrogens with zero attached hydrogens (tertiary/aromatic N) is 1. The van der Waals surface area contributed by atoms with E-state index in [1.54, 1.807) is 37.3 Å². The van der Waals surface area contributed by atoms with E-state index in [0.717, 1.165) is 5.69 Å². The molecule has 1 heterocycles. The molecule has 2 rings (SSSR count). The minimum absolute atomic E-state index is 0.102. The van der Waals surface area contributed by atoms with Crippen molar-refractivity contribution in [2.45, 2.75) is 27.2 Å². The number of rotatable bonds is 6. The van der Waals surface area contributed by atoms with Crippen LogP contribution in [0.2, 0.25) is 0 Å². The van der Waals surface area contributed by atoms with Crippen LogP contribution in [-0.4, -0.2) is 23.5 Å². The molecule has 2 aromatic rings. The molecule has 0 fully saturated rings. The number of anilines is 1. The van der Waals surface area contributed by atoms with E-state index in [1.165, 1.54) is 0 Å². The van der Waals surface area contributed by atoms with Crippen LogP contribution in [0.4, 0.5) is 5.69 Å². The number of aryl methyl sites for hydroxylation is 1. The molecule has 23 heavy (non-hydrogen) atoms. The molecule has 122 valence electrons. The fourth-order valence-electron chi connectivity index (χ4n) is 2.00. The predicted molar refractivity (Wildman–Crippen MR) is 87.2 cm³/mol. The number of hydrogen-bond donors (Lipinski definition) is 2. The Hall–Kier alpha value is -2.63. The van der Waals surface area contributed by atoms with Crippen molar-refractivity contribution >= 4 is 17.5 Å². The van der Waals surface area contributed by atoms with Crippen LogP contribution in [0.25, 0.3) is 0 Å². The minimum Gasteiger partial charge on any atom is -0.361 e. The number of amides is 2. The first-order chi connectivity index (χ1) is 10.9. The van der Waals surface area contributed by atoms with Gasteiger partial charge in [0, 0.05) is 23.9 Å². The van der Waals surface area contributed by atoms with Gasteiger partial charge in [-0.2, -0.15) is 0 Å². The van der Waals surface area contributed by atoms with Gasteiger partial charge in [0.2, 0.25) is 5.91 Å². The highest BCUT2D eigenvalue weighted by Gasteiger charge is 2.10. The summed E-state index contributed by atoms with van der Waals surface area (Å²) in [4.78, 5) is 24.0. The Kier molecular flexibility index (Phi) is 5.51. The van der Waals surface area contributed by atoms with Gasteiger partial charge in [-0.05, 0) is 31.0 Å². The van der Waals surface area contributed by atoms with E-state index in [-0.39, 0.29) is 18.2 Å². The monoisotopic (exact) mass is 315 g/mol. The van der Waals surface area contributed by atoms with Gasteiger partial charge in [0.05, 0.1) is 12.1 Å². The van der Waals surface area contributed by atoms with Crippen molar-refractivity contribution in [3.8, 4) is 0 Å². The number of carbonyl (C=O) groups excluding carboxylic acids is 2.